The first kappa shape index (κ1) is 9.77. The maximum Gasteiger partial charge on any atom is 0.251 e. The summed E-state index contributed by atoms with van der Waals surface area (Å²) in [5.74, 6) is 4.09. The van der Waals surface area contributed by atoms with E-state index in [1.54, 1.807) is 7.11 Å². The molecule has 0 saturated carbocycles. The Morgan fingerprint density at radius 1 is 1.33 bits per heavy atom. The molecule has 1 aliphatic rings. The normalized spacial score (nSPS) is 13.7. The lowest BCUT2D eigenvalue weighted by Crippen LogP contribution is -2.24. The molecule has 0 amide bonds. The molecule has 1 heterocycles. The Bertz CT molecular complexity index is 556. The summed E-state index contributed by atoms with van der Waals surface area (Å²) < 4.78 is 10.5. The van der Waals surface area contributed by atoms with Gasteiger partial charge in [-0.3, -0.25) is 0 Å². The van der Waals surface area contributed by atoms with Crippen LogP contribution in [0.15, 0.2) is 40.9 Å². The van der Waals surface area contributed by atoms with Gasteiger partial charge in [-0.1, -0.05) is 18.2 Å². The van der Waals surface area contributed by atoms with Crippen LogP contribution in [0, 0.1) is 0 Å². The lowest BCUT2D eigenvalue weighted by atomic mass is 10.2. The Morgan fingerprint density at radius 2 is 2.13 bits per heavy atom. The summed E-state index contributed by atoms with van der Waals surface area (Å²) in [7, 11) is 2.19. The van der Waals surface area contributed by atoms with E-state index < -0.39 is 0 Å². The van der Waals surface area contributed by atoms with Gasteiger partial charge in [0.05, 0.1) is 7.11 Å². The fraction of sp³-hybridized carbons (Fsp3) is 0.0909. The standard InChI is InChI=1S/C11H11NO2Si/c1-13-10-6-8-4-2-3-5-9(8)7-12-11(10)14-15/h2-6H,1,15H3. The van der Waals surface area contributed by atoms with Crippen molar-refractivity contribution in [1.82, 2.24) is 0 Å². The van der Waals surface area contributed by atoms with Crippen LogP contribution in [0.1, 0.15) is 0 Å². The molecule has 2 rings (SSSR count). The van der Waals surface area contributed by atoms with Crippen LogP contribution < -0.4 is 10.4 Å². The van der Waals surface area contributed by atoms with E-state index in [2.05, 4.69) is 10.9 Å². The number of rotatable bonds is 2. The van der Waals surface area contributed by atoms with E-state index in [4.69, 9.17) is 9.16 Å². The summed E-state index contributed by atoms with van der Waals surface area (Å²) in [5.41, 5.74) is 0. The molecule has 0 aliphatic carbocycles. The van der Waals surface area contributed by atoms with Crippen molar-refractivity contribution in [3.05, 3.63) is 46.3 Å². The number of hydrogen-bond acceptors (Lipinski definition) is 3. The average Bonchev–Trinajstić information content (AvgIpc) is 2.47. The first-order valence-electron chi connectivity index (χ1n) is 4.58. The Hall–Kier alpha value is -1.77. The number of allylic oxidation sites excluding steroid dienone is 1. The number of ether oxygens (including phenoxy) is 1. The number of nitrogens with zero attached hydrogens (tertiary/aromatic N) is 1. The van der Waals surface area contributed by atoms with Crippen molar-refractivity contribution in [1.29, 1.82) is 0 Å². The van der Waals surface area contributed by atoms with Crippen LogP contribution in [0.5, 0.6) is 0 Å². The van der Waals surface area contributed by atoms with E-state index in [9.17, 15) is 0 Å². The van der Waals surface area contributed by atoms with E-state index in [0.29, 0.717) is 22.1 Å². The fourth-order valence-electron chi connectivity index (χ4n) is 1.39. The van der Waals surface area contributed by atoms with E-state index >= 15 is 0 Å². The zero-order chi connectivity index (χ0) is 10.7. The lowest BCUT2D eigenvalue weighted by Gasteiger charge is -2.03. The van der Waals surface area contributed by atoms with Crippen molar-refractivity contribution in [3.8, 4) is 0 Å². The van der Waals surface area contributed by atoms with E-state index in [-0.39, 0.29) is 0 Å². The van der Waals surface area contributed by atoms with E-state index in [1.165, 1.54) is 0 Å². The predicted octanol–water partition coefficient (Wildman–Crippen LogP) is -1.07. The third-order valence-corrected chi connectivity index (χ3v) is 2.54. The van der Waals surface area contributed by atoms with Gasteiger partial charge < -0.3 is 9.16 Å². The van der Waals surface area contributed by atoms with Gasteiger partial charge in [-0.2, -0.15) is 4.99 Å². The third kappa shape index (κ3) is 1.86. The smallest absolute Gasteiger partial charge is 0.251 e. The summed E-state index contributed by atoms with van der Waals surface area (Å²) in [6.45, 7) is 0. The van der Waals surface area contributed by atoms with Gasteiger partial charge in [0.25, 0.3) is 5.88 Å². The first-order valence-corrected chi connectivity index (χ1v) is 5.39. The van der Waals surface area contributed by atoms with Crippen LogP contribution in [0.4, 0.5) is 0 Å². The molecule has 1 aromatic carbocycles. The molecule has 1 aromatic rings. The molecular formula is C11H11NO2Si. The zero-order valence-electron chi connectivity index (χ0n) is 8.65. The molecule has 0 spiro atoms. The van der Waals surface area contributed by atoms with Crippen molar-refractivity contribution in [2.45, 2.75) is 0 Å². The van der Waals surface area contributed by atoms with Gasteiger partial charge in [0.1, 0.15) is 0 Å². The van der Waals surface area contributed by atoms with Gasteiger partial charge in [-0.15, -0.1) is 0 Å². The highest BCUT2D eigenvalue weighted by Gasteiger charge is 2.04. The van der Waals surface area contributed by atoms with Gasteiger partial charge in [-0.25, -0.2) is 0 Å². The predicted molar refractivity (Wildman–Crippen MR) is 61.8 cm³/mol. The minimum atomic E-state index is 0.500. The Balaban J connectivity index is 2.75. The summed E-state index contributed by atoms with van der Waals surface area (Å²) in [5, 5.41) is 1.98. The second kappa shape index (κ2) is 4.17. The monoisotopic (exact) mass is 217 g/mol. The maximum absolute atomic E-state index is 5.24. The molecule has 1 aliphatic heterocycles. The minimum Gasteiger partial charge on any atom is -0.537 e. The number of aliphatic imine (C=N–C) groups is 1. The first-order chi connectivity index (χ1) is 7.35. The molecule has 76 valence electrons. The quantitative estimate of drug-likeness (QED) is 0.591. The highest BCUT2D eigenvalue weighted by atomic mass is 28.2. The van der Waals surface area contributed by atoms with E-state index in [1.807, 2.05) is 30.3 Å². The van der Waals surface area contributed by atoms with Gasteiger partial charge in [0.2, 0.25) is 10.5 Å². The van der Waals surface area contributed by atoms with E-state index in [0.717, 1.165) is 10.4 Å². The molecule has 0 unspecified atom stereocenters. The van der Waals surface area contributed by atoms with Crippen LogP contribution >= 0.6 is 0 Å². The molecule has 3 nitrogen and oxygen atoms in total. The van der Waals surface area contributed by atoms with Crippen molar-refractivity contribution in [2.24, 2.45) is 4.99 Å². The molecule has 0 saturated heterocycles. The average molecular weight is 217 g/mol. The van der Waals surface area contributed by atoms with Crippen LogP contribution in [0.2, 0.25) is 0 Å². The summed E-state index contributed by atoms with van der Waals surface area (Å²) >= 11 is 0. The SMILES string of the molecule is COC1=C(O[SiH3])N=C=c2ccccc2=C1. The number of hydrogen-bond donors (Lipinski definition) is 0. The molecular weight excluding hydrogens is 206 g/mol. The fourth-order valence-corrected chi connectivity index (χ4v) is 1.68. The maximum atomic E-state index is 5.24. The van der Waals surface area contributed by atoms with Gasteiger partial charge in [0.15, 0.2) is 5.76 Å². The summed E-state index contributed by atoms with van der Waals surface area (Å²) in [4.78, 5) is 4.12. The molecule has 0 atom stereocenters. The van der Waals surface area contributed by atoms with Crippen LogP contribution in [-0.2, 0) is 9.16 Å². The van der Waals surface area contributed by atoms with Gasteiger partial charge >= 0.3 is 0 Å². The van der Waals surface area contributed by atoms with Crippen LogP contribution in [0.3, 0.4) is 0 Å². The summed E-state index contributed by atoms with van der Waals surface area (Å²) in [6.07, 6.45) is 1.91. The molecule has 15 heavy (non-hydrogen) atoms. The van der Waals surface area contributed by atoms with Crippen molar-refractivity contribution in [2.75, 3.05) is 7.11 Å². The minimum absolute atomic E-state index is 0.500. The molecule has 0 fully saturated rings. The molecule has 0 aromatic heterocycles. The number of benzene rings is 1. The van der Waals surface area contributed by atoms with Crippen molar-refractivity contribution < 1.29 is 9.16 Å². The second-order valence-electron chi connectivity index (χ2n) is 3.03. The van der Waals surface area contributed by atoms with Crippen LogP contribution in [0.25, 0.3) is 6.08 Å². The Morgan fingerprint density at radius 3 is 2.87 bits per heavy atom. The van der Waals surface area contributed by atoms with Crippen molar-refractivity contribution >= 4 is 22.4 Å². The highest BCUT2D eigenvalue weighted by Crippen LogP contribution is 2.08. The highest BCUT2D eigenvalue weighted by molar-refractivity contribution is 5.99. The van der Waals surface area contributed by atoms with Gasteiger partial charge in [0, 0.05) is 5.22 Å². The Kier molecular flexibility index (Phi) is 2.72. The molecule has 0 N–H and O–H groups in total. The lowest BCUT2D eigenvalue weighted by molar-refractivity contribution is 0.284. The second-order valence-corrected chi connectivity index (χ2v) is 3.44. The zero-order valence-corrected chi connectivity index (χ0v) is 10.7. The van der Waals surface area contributed by atoms with Crippen LogP contribution in [-0.4, -0.2) is 23.5 Å². The molecule has 4 heteroatoms. The number of methoxy groups -OCH3 is 1. The Labute approximate surface area is 90.6 Å². The largest absolute Gasteiger partial charge is 0.537 e. The third-order valence-electron chi connectivity index (χ3n) is 2.15. The van der Waals surface area contributed by atoms with Crippen molar-refractivity contribution in [3.63, 3.8) is 0 Å². The number of fused-ring (bicyclic) bond motifs is 1. The topological polar surface area (TPSA) is 30.8 Å². The molecule has 0 bridgehead atoms. The molecule has 0 radical (unpaired) electrons. The van der Waals surface area contributed by atoms with Gasteiger partial charge in [-0.05, 0) is 23.2 Å². The summed E-state index contributed by atoms with van der Waals surface area (Å²) in [6, 6.07) is 7.87.